The molecule has 2 rings (SSSR count). The molecule has 0 saturated carbocycles. The molecule has 0 atom stereocenters. The number of para-hydroxylation sites is 1. The Balaban J connectivity index is 1.99. The number of carbonyl (C=O) groups is 1. The van der Waals surface area contributed by atoms with Crippen LogP contribution in [0.3, 0.4) is 0 Å². The van der Waals surface area contributed by atoms with Gasteiger partial charge in [0.2, 0.25) is 0 Å². The van der Waals surface area contributed by atoms with Gasteiger partial charge in [-0.05, 0) is 36.4 Å². The average molecular weight is 252 g/mol. The molecule has 2 aromatic rings. The zero-order valence-corrected chi connectivity index (χ0v) is 10.2. The van der Waals surface area contributed by atoms with Crippen LogP contribution in [0, 0.1) is 6.57 Å². The fourth-order valence-electron chi connectivity index (χ4n) is 1.50. The summed E-state index contributed by atoms with van der Waals surface area (Å²) in [6.07, 6.45) is 0. The lowest BCUT2D eigenvalue weighted by atomic mass is 10.3. The smallest absolute Gasteiger partial charge is 0.304 e. The van der Waals surface area contributed by atoms with Crippen molar-refractivity contribution in [2.45, 2.75) is 0 Å². The molecular weight excluding hydrogens is 240 g/mol. The van der Waals surface area contributed by atoms with E-state index in [2.05, 4.69) is 10.2 Å². The number of rotatable bonds is 4. The van der Waals surface area contributed by atoms with E-state index in [0.717, 1.165) is 5.75 Å². The van der Waals surface area contributed by atoms with E-state index in [1.807, 2.05) is 30.3 Å². The largest absolute Gasteiger partial charge is 0.457 e. The molecule has 0 fully saturated rings. The van der Waals surface area contributed by atoms with E-state index in [0.29, 0.717) is 11.4 Å². The highest BCUT2D eigenvalue weighted by Crippen LogP contribution is 2.22. The molecule has 4 nitrogen and oxygen atoms in total. The van der Waals surface area contributed by atoms with Crippen molar-refractivity contribution in [1.82, 2.24) is 0 Å². The molecule has 0 aliphatic carbocycles. The number of hydrogen-bond acceptors (Lipinski definition) is 2. The molecule has 0 heterocycles. The zero-order chi connectivity index (χ0) is 13.5. The number of carbonyl (C=O) groups excluding carboxylic acids is 1. The van der Waals surface area contributed by atoms with Crippen LogP contribution in [0.25, 0.3) is 4.85 Å². The van der Waals surface area contributed by atoms with Gasteiger partial charge in [-0.25, -0.2) is 6.57 Å². The fourth-order valence-corrected chi connectivity index (χ4v) is 1.50. The minimum atomic E-state index is -0.313. The lowest BCUT2D eigenvalue weighted by Gasteiger charge is -2.06. The Labute approximate surface area is 111 Å². The van der Waals surface area contributed by atoms with Gasteiger partial charge < -0.3 is 14.9 Å². The van der Waals surface area contributed by atoms with Gasteiger partial charge in [0.25, 0.3) is 6.54 Å². The summed E-state index contributed by atoms with van der Waals surface area (Å²) in [5.41, 5.74) is 0.647. The van der Waals surface area contributed by atoms with Crippen LogP contribution in [-0.4, -0.2) is 12.5 Å². The predicted octanol–water partition coefficient (Wildman–Crippen LogP) is 3.34. The fraction of sp³-hybridized carbons (Fsp3) is 0.0667. The van der Waals surface area contributed by atoms with Gasteiger partial charge in [-0.2, -0.15) is 0 Å². The summed E-state index contributed by atoms with van der Waals surface area (Å²) in [7, 11) is 0. The lowest BCUT2D eigenvalue weighted by Crippen LogP contribution is -2.13. The minimum Gasteiger partial charge on any atom is -0.457 e. The van der Waals surface area contributed by atoms with E-state index in [4.69, 9.17) is 11.3 Å². The molecule has 0 aromatic heterocycles. The highest BCUT2D eigenvalue weighted by Gasteiger charge is 2.04. The van der Waals surface area contributed by atoms with Gasteiger partial charge in [0.1, 0.15) is 11.5 Å². The summed E-state index contributed by atoms with van der Waals surface area (Å²) in [4.78, 5) is 14.3. The van der Waals surface area contributed by atoms with Crippen LogP contribution < -0.4 is 10.1 Å². The first-order valence-corrected chi connectivity index (χ1v) is 5.74. The van der Waals surface area contributed by atoms with Gasteiger partial charge in [0.05, 0.1) is 0 Å². The van der Waals surface area contributed by atoms with Crippen LogP contribution in [0.2, 0.25) is 0 Å². The number of ether oxygens (including phenoxy) is 1. The van der Waals surface area contributed by atoms with Gasteiger partial charge in [0, 0.05) is 5.69 Å². The molecule has 0 saturated heterocycles. The third-order valence-corrected chi connectivity index (χ3v) is 2.34. The van der Waals surface area contributed by atoms with E-state index in [1.54, 1.807) is 24.3 Å². The van der Waals surface area contributed by atoms with Crippen LogP contribution in [0.1, 0.15) is 0 Å². The van der Waals surface area contributed by atoms with Crippen molar-refractivity contribution in [1.29, 1.82) is 0 Å². The van der Waals surface area contributed by atoms with Crippen LogP contribution in [0.4, 0.5) is 5.69 Å². The van der Waals surface area contributed by atoms with Crippen LogP contribution >= 0.6 is 0 Å². The lowest BCUT2D eigenvalue weighted by molar-refractivity contribution is -0.114. The number of hydrogen-bond donors (Lipinski definition) is 1. The molecule has 0 aliphatic rings. The van der Waals surface area contributed by atoms with Gasteiger partial charge in [-0.1, -0.05) is 18.2 Å². The topological polar surface area (TPSA) is 42.7 Å². The highest BCUT2D eigenvalue weighted by molar-refractivity contribution is 5.93. The van der Waals surface area contributed by atoms with Crippen LogP contribution in [0.15, 0.2) is 54.6 Å². The molecule has 1 N–H and O–H groups in total. The number of nitrogens with zero attached hydrogens (tertiary/aromatic N) is 1. The van der Waals surface area contributed by atoms with Crippen molar-refractivity contribution in [3.63, 3.8) is 0 Å². The quantitative estimate of drug-likeness (QED) is 0.848. The van der Waals surface area contributed by atoms with E-state index in [9.17, 15) is 4.79 Å². The normalized spacial score (nSPS) is 9.42. The van der Waals surface area contributed by atoms with Crippen molar-refractivity contribution < 1.29 is 9.53 Å². The summed E-state index contributed by atoms with van der Waals surface area (Å²) in [6, 6.07) is 16.4. The summed E-state index contributed by atoms with van der Waals surface area (Å²) < 4.78 is 5.62. The standard InChI is InChI=1S/C15H12N2O2/c1-16-11-15(18)17-12-7-9-14(10-8-12)19-13-5-3-2-4-6-13/h2-10H,11H2,(H,17,18). The van der Waals surface area contributed by atoms with Crippen molar-refractivity contribution in [2.24, 2.45) is 0 Å². The third-order valence-electron chi connectivity index (χ3n) is 2.34. The third kappa shape index (κ3) is 3.86. The Morgan fingerprint density at radius 1 is 1.05 bits per heavy atom. The molecule has 1 amide bonds. The van der Waals surface area contributed by atoms with Crippen LogP contribution in [0.5, 0.6) is 11.5 Å². The van der Waals surface area contributed by atoms with E-state index in [1.165, 1.54) is 0 Å². The SMILES string of the molecule is [C-]#[N+]CC(=O)Nc1ccc(Oc2ccccc2)cc1. The number of anilines is 1. The van der Waals surface area contributed by atoms with Crippen molar-refractivity contribution >= 4 is 11.6 Å². The Kier molecular flexibility index (Phi) is 4.14. The summed E-state index contributed by atoms with van der Waals surface area (Å²) >= 11 is 0. The average Bonchev–Trinajstić information content (AvgIpc) is 2.42. The molecule has 0 bridgehead atoms. The first-order chi connectivity index (χ1) is 9.28. The maximum atomic E-state index is 11.2. The maximum absolute atomic E-state index is 11.2. The van der Waals surface area contributed by atoms with E-state index in [-0.39, 0.29) is 12.5 Å². The molecule has 2 aromatic carbocycles. The second kappa shape index (κ2) is 6.22. The zero-order valence-electron chi connectivity index (χ0n) is 10.2. The van der Waals surface area contributed by atoms with Crippen molar-refractivity contribution in [2.75, 3.05) is 11.9 Å². The Morgan fingerprint density at radius 3 is 2.32 bits per heavy atom. The summed E-state index contributed by atoms with van der Waals surface area (Å²) in [6.45, 7) is 6.44. The molecule has 0 spiro atoms. The van der Waals surface area contributed by atoms with E-state index < -0.39 is 0 Å². The van der Waals surface area contributed by atoms with Crippen molar-refractivity contribution in [3.05, 3.63) is 66.0 Å². The van der Waals surface area contributed by atoms with Gasteiger partial charge in [-0.15, -0.1) is 0 Å². The molecule has 94 valence electrons. The molecule has 0 radical (unpaired) electrons. The Hall–Kier alpha value is -2.80. The second-order valence-electron chi connectivity index (χ2n) is 3.80. The molecular formula is C15H12N2O2. The second-order valence-corrected chi connectivity index (χ2v) is 3.80. The number of nitrogens with one attached hydrogen (secondary N) is 1. The highest BCUT2D eigenvalue weighted by atomic mass is 16.5. The van der Waals surface area contributed by atoms with Crippen molar-refractivity contribution in [3.8, 4) is 11.5 Å². The molecule has 4 heteroatoms. The summed E-state index contributed by atoms with van der Waals surface area (Å²) in [5.74, 6) is 1.13. The first-order valence-electron chi connectivity index (χ1n) is 5.74. The number of benzene rings is 2. The Bertz CT molecular complexity index is 586. The van der Waals surface area contributed by atoms with Crippen LogP contribution in [-0.2, 0) is 4.79 Å². The summed E-state index contributed by atoms with van der Waals surface area (Å²) in [5, 5.41) is 2.63. The first kappa shape index (κ1) is 12.7. The van der Waals surface area contributed by atoms with Gasteiger partial charge >= 0.3 is 5.91 Å². The van der Waals surface area contributed by atoms with Gasteiger partial charge in [0.15, 0.2) is 0 Å². The van der Waals surface area contributed by atoms with E-state index >= 15 is 0 Å². The molecule has 0 aliphatic heterocycles. The predicted molar refractivity (Wildman–Crippen MR) is 73.1 cm³/mol. The Morgan fingerprint density at radius 2 is 1.68 bits per heavy atom. The number of amides is 1. The molecule has 19 heavy (non-hydrogen) atoms. The molecule has 0 unspecified atom stereocenters. The maximum Gasteiger partial charge on any atom is 0.304 e. The monoisotopic (exact) mass is 252 g/mol. The van der Waals surface area contributed by atoms with Gasteiger partial charge in [-0.3, -0.25) is 4.79 Å². The minimum absolute atomic E-state index is 0.164.